The zero-order valence-corrected chi connectivity index (χ0v) is 11.6. The highest BCUT2D eigenvalue weighted by Gasteiger charge is 2.22. The highest BCUT2D eigenvalue weighted by Crippen LogP contribution is 2.19. The minimum absolute atomic E-state index is 0.709. The number of thiazole rings is 1. The first-order valence-corrected chi connectivity index (χ1v) is 7.59. The molecule has 1 unspecified atom stereocenters. The molecule has 1 atom stereocenters. The molecule has 0 spiro atoms. The van der Waals surface area contributed by atoms with E-state index in [1.807, 2.05) is 29.9 Å². The van der Waals surface area contributed by atoms with Crippen LogP contribution in [-0.2, 0) is 6.54 Å². The predicted molar refractivity (Wildman–Crippen MR) is 78.2 cm³/mol. The van der Waals surface area contributed by atoms with E-state index < -0.39 is 0 Å². The molecule has 0 radical (unpaired) electrons. The summed E-state index contributed by atoms with van der Waals surface area (Å²) >= 11 is 1.67. The highest BCUT2D eigenvalue weighted by molar-refractivity contribution is 7.07. The van der Waals surface area contributed by atoms with Crippen LogP contribution >= 0.6 is 11.3 Å². The Morgan fingerprint density at radius 1 is 1.37 bits per heavy atom. The molecule has 1 aliphatic rings. The van der Waals surface area contributed by atoms with E-state index in [4.69, 9.17) is 0 Å². The van der Waals surface area contributed by atoms with E-state index in [9.17, 15) is 0 Å². The molecule has 2 aromatic heterocycles. The third-order valence-electron chi connectivity index (χ3n) is 3.48. The second-order valence-electron chi connectivity index (χ2n) is 4.97. The van der Waals surface area contributed by atoms with Gasteiger partial charge in [0.1, 0.15) is 5.82 Å². The molecular formula is C14H18N4S. The summed E-state index contributed by atoms with van der Waals surface area (Å²) in [6, 6.07) is 5.97. The van der Waals surface area contributed by atoms with Gasteiger partial charge in [0.05, 0.1) is 11.2 Å². The van der Waals surface area contributed by atoms with E-state index in [0.29, 0.717) is 5.92 Å². The molecule has 0 aliphatic carbocycles. The highest BCUT2D eigenvalue weighted by atomic mass is 32.1. The standard InChI is InChI=1S/C14H18N4S/c1-2-5-15-14(3-1)16-7-12-4-6-18(8-12)9-13-10-19-11-17-13/h1-3,5,10-12H,4,6-9H2,(H,15,16). The second kappa shape index (κ2) is 6.12. The molecule has 1 saturated heterocycles. The van der Waals surface area contributed by atoms with Crippen LogP contribution in [0.15, 0.2) is 35.3 Å². The topological polar surface area (TPSA) is 41.0 Å². The van der Waals surface area contributed by atoms with Crippen molar-refractivity contribution in [2.45, 2.75) is 13.0 Å². The lowest BCUT2D eigenvalue weighted by atomic mass is 10.1. The van der Waals surface area contributed by atoms with E-state index in [-0.39, 0.29) is 0 Å². The molecule has 100 valence electrons. The van der Waals surface area contributed by atoms with Crippen molar-refractivity contribution in [2.75, 3.05) is 25.0 Å². The van der Waals surface area contributed by atoms with Gasteiger partial charge in [-0.05, 0) is 31.0 Å². The summed E-state index contributed by atoms with van der Waals surface area (Å²) in [4.78, 5) is 11.1. The largest absolute Gasteiger partial charge is 0.370 e. The van der Waals surface area contributed by atoms with Gasteiger partial charge in [-0.15, -0.1) is 11.3 Å². The zero-order valence-electron chi connectivity index (χ0n) is 10.8. The molecule has 2 aromatic rings. The number of nitrogens with one attached hydrogen (secondary N) is 1. The number of hydrogen-bond acceptors (Lipinski definition) is 5. The van der Waals surface area contributed by atoms with Gasteiger partial charge in [0.15, 0.2) is 0 Å². The van der Waals surface area contributed by atoms with Crippen LogP contribution in [0.4, 0.5) is 5.82 Å². The Bertz CT molecular complexity index is 485. The van der Waals surface area contributed by atoms with Gasteiger partial charge in [-0.1, -0.05) is 6.07 Å². The first-order chi connectivity index (χ1) is 9.40. The minimum Gasteiger partial charge on any atom is -0.370 e. The maximum absolute atomic E-state index is 4.35. The van der Waals surface area contributed by atoms with Crippen molar-refractivity contribution in [3.8, 4) is 0 Å². The monoisotopic (exact) mass is 274 g/mol. The van der Waals surface area contributed by atoms with Gasteiger partial charge < -0.3 is 5.32 Å². The summed E-state index contributed by atoms with van der Waals surface area (Å²) in [7, 11) is 0. The summed E-state index contributed by atoms with van der Waals surface area (Å²) in [5.41, 5.74) is 3.11. The van der Waals surface area contributed by atoms with Crippen molar-refractivity contribution in [3.05, 3.63) is 41.0 Å². The summed E-state index contributed by atoms with van der Waals surface area (Å²) in [6.45, 7) is 4.32. The zero-order chi connectivity index (χ0) is 12.9. The predicted octanol–water partition coefficient (Wildman–Crippen LogP) is 2.47. The van der Waals surface area contributed by atoms with Crippen LogP contribution in [0.1, 0.15) is 12.1 Å². The normalized spacial score (nSPS) is 19.7. The number of hydrogen-bond donors (Lipinski definition) is 1. The molecule has 1 fully saturated rings. The molecule has 0 aromatic carbocycles. The Labute approximate surface area is 117 Å². The van der Waals surface area contributed by atoms with E-state index in [2.05, 4.69) is 25.6 Å². The first-order valence-electron chi connectivity index (χ1n) is 6.64. The van der Waals surface area contributed by atoms with E-state index in [1.54, 1.807) is 11.3 Å². The number of pyridine rings is 1. The Balaban J connectivity index is 1.44. The van der Waals surface area contributed by atoms with Crippen molar-refractivity contribution in [1.82, 2.24) is 14.9 Å². The second-order valence-corrected chi connectivity index (χ2v) is 5.68. The number of nitrogens with zero attached hydrogens (tertiary/aromatic N) is 3. The van der Waals surface area contributed by atoms with Crippen molar-refractivity contribution in [2.24, 2.45) is 5.92 Å². The fourth-order valence-electron chi connectivity index (χ4n) is 2.48. The Kier molecular flexibility index (Phi) is 4.05. The molecule has 1 aliphatic heterocycles. The molecule has 3 rings (SSSR count). The van der Waals surface area contributed by atoms with E-state index >= 15 is 0 Å². The number of anilines is 1. The first kappa shape index (κ1) is 12.6. The number of rotatable bonds is 5. The summed E-state index contributed by atoms with van der Waals surface area (Å²) in [5, 5.41) is 5.55. The molecule has 4 nitrogen and oxygen atoms in total. The van der Waals surface area contributed by atoms with Gasteiger partial charge in [0.25, 0.3) is 0 Å². The maximum atomic E-state index is 4.35. The summed E-state index contributed by atoms with van der Waals surface area (Å²) in [6.07, 6.45) is 3.08. The maximum Gasteiger partial charge on any atom is 0.125 e. The van der Waals surface area contributed by atoms with Crippen molar-refractivity contribution in [1.29, 1.82) is 0 Å². The quantitative estimate of drug-likeness (QED) is 0.909. The van der Waals surface area contributed by atoms with Gasteiger partial charge in [-0.2, -0.15) is 0 Å². The van der Waals surface area contributed by atoms with Crippen LogP contribution < -0.4 is 5.32 Å². The Morgan fingerprint density at radius 2 is 2.37 bits per heavy atom. The van der Waals surface area contributed by atoms with Crippen LogP contribution in [-0.4, -0.2) is 34.5 Å². The average Bonchev–Trinajstić information content (AvgIpc) is 3.10. The Morgan fingerprint density at radius 3 is 3.16 bits per heavy atom. The fraction of sp³-hybridized carbons (Fsp3) is 0.429. The smallest absolute Gasteiger partial charge is 0.125 e. The molecule has 5 heteroatoms. The Hall–Kier alpha value is -1.46. The van der Waals surface area contributed by atoms with Gasteiger partial charge in [-0.3, -0.25) is 4.90 Å². The lowest BCUT2D eigenvalue weighted by Gasteiger charge is -2.15. The molecule has 0 saturated carbocycles. The number of aromatic nitrogens is 2. The van der Waals surface area contributed by atoms with Gasteiger partial charge in [-0.25, -0.2) is 9.97 Å². The van der Waals surface area contributed by atoms with E-state index in [0.717, 1.165) is 25.5 Å². The summed E-state index contributed by atoms with van der Waals surface area (Å²) in [5.74, 6) is 1.68. The van der Waals surface area contributed by atoms with Crippen LogP contribution in [0.3, 0.4) is 0 Å². The molecule has 0 amide bonds. The van der Waals surface area contributed by atoms with Crippen molar-refractivity contribution in [3.63, 3.8) is 0 Å². The summed E-state index contributed by atoms with van der Waals surface area (Å²) < 4.78 is 0. The average molecular weight is 274 g/mol. The third kappa shape index (κ3) is 3.52. The van der Waals surface area contributed by atoms with Crippen molar-refractivity contribution >= 4 is 17.2 Å². The number of likely N-dealkylation sites (tertiary alicyclic amines) is 1. The molecular weight excluding hydrogens is 256 g/mol. The van der Waals surface area contributed by atoms with Crippen LogP contribution in [0.25, 0.3) is 0 Å². The fourth-order valence-corrected chi connectivity index (χ4v) is 3.03. The van der Waals surface area contributed by atoms with Gasteiger partial charge in [0.2, 0.25) is 0 Å². The van der Waals surface area contributed by atoms with Crippen molar-refractivity contribution < 1.29 is 0 Å². The lowest BCUT2D eigenvalue weighted by Crippen LogP contribution is -2.22. The molecule has 1 N–H and O–H groups in total. The van der Waals surface area contributed by atoms with Gasteiger partial charge in [0, 0.05) is 31.2 Å². The molecule has 3 heterocycles. The van der Waals surface area contributed by atoms with Gasteiger partial charge >= 0.3 is 0 Å². The molecule has 0 bridgehead atoms. The lowest BCUT2D eigenvalue weighted by molar-refractivity contribution is 0.315. The van der Waals surface area contributed by atoms with Crippen LogP contribution in [0.5, 0.6) is 0 Å². The third-order valence-corrected chi connectivity index (χ3v) is 4.11. The van der Waals surface area contributed by atoms with E-state index in [1.165, 1.54) is 18.7 Å². The minimum atomic E-state index is 0.709. The van der Waals surface area contributed by atoms with Crippen LogP contribution in [0, 0.1) is 5.92 Å². The molecule has 19 heavy (non-hydrogen) atoms. The van der Waals surface area contributed by atoms with Crippen LogP contribution in [0.2, 0.25) is 0 Å². The SMILES string of the molecule is c1ccc(NCC2CCN(Cc3cscn3)C2)nc1.